The molecule has 0 spiro atoms. The average molecular weight is 677 g/mol. The molecule has 5 amide bonds. The highest BCUT2D eigenvalue weighted by Gasteiger charge is 2.29. The second-order valence-corrected chi connectivity index (χ2v) is 13.1. The minimum Gasteiger partial charge on any atom is -0.447 e. The summed E-state index contributed by atoms with van der Waals surface area (Å²) in [6, 6.07) is 10.5. The van der Waals surface area contributed by atoms with Gasteiger partial charge < -0.3 is 29.5 Å². The van der Waals surface area contributed by atoms with E-state index in [4.69, 9.17) is 21.1 Å². The van der Waals surface area contributed by atoms with Gasteiger partial charge in [-0.1, -0.05) is 47.2 Å². The lowest BCUT2D eigenvalue weighted by atomic mass is 10.1. The van der Waals surface area contributed by atoms with Crippen LogP contribution in [-0.4, -0.2) is 95.3 Å². The molecule has 3 aromatic rings. The fraction of sp³-hybridized carbons (Fsp3) is 0.452. The summed E-state index contributed by atoms with van der Waals surface area (Å²) in [7, 11) is 1.52. The molecular formula is C31H38ClFN6O6S. The van der Waals surface area contributed by atoms with E-state index in [1.54, 1.807) is 36.6 Å². The van der Waals surface area contributed by atoms with Crippen molar-refractivity contribution >= 4 is 62.4 Å². The topological polar surface area (TPSA) is 133 Å². The number of halogens is 2. The van der Waals surface area contributed by atoms with E-state index >= 15 is 0 Å². The molecule has 1 aliphatic heterocycles. The summed E-state index contributed by atoms with van der Waals surface area (Å²) in [5.41, 5.74) is 0.516. The third-order valence-electron chi connectivity index (χ3n) is 7.21. The third-order valence-corrected chi connectivity index (χ3v) is 8.59. The van der Waals surface area contributed by atoms with E-state index in [0.29, 0.717) is 36.9 Å². The molecule has 0 aliphatic carbocycles. The van der Waals surface area contributed by atoms with Crippen LogP contribution >= 0.6 is 22.9 Å². The molecule has 2 N–H and O–H groups in total. The second kappa shape index (κ2) is 15.4. The van der Waals surface area contributed by atoms with E-state index in [-0.39, 0.29) is 36.9 Å². The van der Waals surface area contributed by atoms with E-state index < -0.39 is 35.7 Å². The molecule has 1 atom stereocenters. The molecule has 1 saturated heterocycles. The lowest BCUT2D eigenvalue weighted by molar-refractivity contribution is -0.133. The number of likely N-dealkylation sites (N-methyl/N-ethyl adjacent to an activating group) is 1. The van der Waals surface area contributed by atoms with Gasteiger partial charge in [0.2, 0.25) is 5.91 Å². The second-order valence-electron chi connectivity index (χ2n) is 11.7. The Kier molecular flexibility index (Phi) is 11.6. The number of anilines is 1. The number of amides is 5. The first kappa shape index (κ1) is 34.7. The van der Waals surface area contributed by atoms with Crippen LogP contribution in [0.2, 0.25) is 5.02 Å². The number of fused-ring (bicyclic) bond motifs is 1. The predicted octanol–water partition coefficient (Wildman–Crippen LogP) is 5.71. The Morgan fingerprint density at radius 3 is 2.46 bits per heavy atom. The largest absolute Gasteiger partial charge is 0.447 e. The number of ether oxygens (including phenoxy) is 2. The lowest BCUT2D eigenvalue weighted by Gasteiger charge is -2.36. The summed E-state index contributed by atoms with van der Waals surface area (Å²) in [6.07, 6.45) is -0.931. The number of hydrogen-bond acceptors (Lipinski definition) is 8. The third kappa shape index (κ3) is 9.66. The number of carbonyl (C=O) groups is 4. The highest BCUT2D eigenvalue weighted by Crippen LogP contribution is 2.25. The highest BCUT2D eigenvalue weighted by molar-refractivity contribution is 7.22. The van der Waals surface area contributed by atoms with Gasteiger partial charge in [0.25, 0.3) is 0 Å². The van der Waals surface area contributed by atoms with Gasteiger partial charge in [-0.05, 0) is 51.0 Å². The van der Waals surface area contributed by atoms with Gasteiger partial charge in [0.1, 0.15) is 18.0 Å². The zero-order chi connectivity index (χ0) is 33.4. The number of piperazine rings is 1. The monoisotopic (exact) mass is 676 g/mol. The molecule has 1 fully saturated rings. The maximum atomic E-state index is 13.9. The van der Waals surface area contributed by atoms with E-state index in [9.17, 15) is 23.6 Å². The molecule has 15 heteroatoms. The quantitative estimate of drug-likeness (QED) is 0.297. The Morgan fingerprint density at radius 2 is 1.76 bits per heavy atom. The SMILES string of the molecule is CN(C(=O)NCc1cccc(F)c1Cl)[C@@H](CCC(=O)N1CCN(C(=O)OC(C)(C)C)CC1)COC(=O)Nc1nc2ccccc2s1. The number of carbonyl (C=O) groups excluding carboxylic acids is 4. The van der Waals surface area contributed by atoms with Crippen LogP contribution in [-0.2, 0) is 20.8 Å². The van der Waals surface area contributed by atoms with E-state index in [1.165, 1.54) is 35.4 Å². The van der Waals surface area contributed by atoms with Crippen molar-refractivity contribution in [1.82, 2.24) is 25.0 Å². The number of urea groups is 1. The molecule has 0 unspecified atom stereocenters. The van der Waals surface area contributed by atoms with Gasteiger partial charge in [0.15, 0.2) is 5.13 Å². The Balaban J connectivity index is 1.35. The molecule has 1 aliphatic rings. The van der Waals surface area contributed by atoms with Crippen LogP contribution in [0.5, 0.6) is 0 Å². The summed E-state index contributed by atoms with van der Waals surface area (Å²) in [5, 5.41) is 5.59. The normalized spacial score (nSPS) is 14.0. The van der Waals surface area contributed by atoms with Crippen LogP contribution in [0, 0.1) is 5.82 Å². The summed E-state index contributed by atoms with van der Waals surface area (Å²) in [5.74, 6) is -0.759. The molecule has 0 saturated carbocycles. The van der Waals surface area contributed by atoms with Crippen molar-refractivity contribution in [3.8, 4) is 0 Å². The van der Waals surface area contributed by atoms with Crippen molar-refractivity contribution in [2.75, 3.05) is 45.2 Å². The van der Waals surface area contributed by atoms with E-state index in [1.807, 2.05) is 24.3 Å². The molecule has 2 heterocycles. The number of rotatable bonds is 9. The van der Waals surface area contributed by atoms with Crippen LogP contribution in [0.15, 0.2) is 42.5 Å². The van der Waals surface area contributed by atoms with Gasteiger partial charge in [-0.2, -0.15) is 0 Å². The van der Waals surface area contributed by atoms with Gasteiger partial charge in [-0.25, -0.2) is 23.8 Å². The minimum atomic E-state index is -0.756. The van der Waals surface area contributed by atoms with Gasteiger partial charge >= 0.3 is 18.2 Å². The molecule has 1 aromatic heterocycles. The number of aromatic nitrogens is 1. The first-order valence-electron chi connectivity index (χ1n) is 14.8. The van der Waals surface area contributed by atoms with Crippen LogP contribution in [0.4, 0.5) is 23.9 Å². The van der Waals surface area contributed by atoms with Crippen molar-refractivity contribution in [2.45, 2.75) is 51.8 Å². The fourth-order valence-electron chi connectivity index (χ4n) is 4.67. The summed E-state index contributed by atoms with van der Waals surface area (Å²) < 4.78 is 25.7. The molecule has 0 radical (unpaired) electrons. The van der Waals surface area contributed by atoms with Crippen molar-refractivity contribution < 1.29 is 33.0 Å². The lowest BCUT2D eigenvalue weighted by Crippen LogP contribution is -2.52. The Bertz CT molecular complexity index is 1520. The summed E-state index contributed by atoms with van der Waals surface area (Å²) in [6.45, 7) is 6.50. The average Bonchev–Trinajstić information content (AvgIpc) is 3.42. The van der Waals surface area contributed by atoms with Crippen molar-refractivity contribution in [1.29, 1.82) is 0 Å². The standard InChI is InChI=1S/C31H38ClFN6O6S/c1-31(2,3)45-30(43)39-16-14-38(15-17-39)25(40)13-12-21(37(4)28(41)34-18-20-8-7-9-22(33)26(20)32)19-44-29(42)36-27-35-23-10-5-6-11-24(23)46-27/h5-11,21H,12-19H2,1-4H3,(H,34,41)(H,35,36,42)/t21-/m0/s1. The Labute approximate surface area is 275 Å². The smallest absolute Gasteiger partial charge is 0.413 e. The maximum Gasteiger partial charge on any atom is 0.413 e. The Hall–Kier alpha value is -4.17. The zero-order valence-corrected chi connectivity index (χ0v) is 27.8. The fourth-order valence-corrected chi connectivity index (χ4v) is 5.71. The summed E-state index contributed by atoms with van der Waals surface area (Å²) >= 11 is 7.32. The summed E-state index contributed by atoms with van der Waals surface area (Å²) in [4.78, 5) is 60.2. The van der Waals surface area contributed by atoms with Crippen molar-refractivity contribution in [3.05, 3.63) is 58.9 Å². The Morgan fingerprint density at radius 1 is 1.07 bits per heavy atom. The van der Waals surface area contributed by atoms with Crippen molar-refractivity contribution in [3.63, 3.8) is 0 Å². The number of benzene rings is 2. The van der Waals surface area contributed by atoms with Crippen LogP contribution < -0.4 is 10.6 Å². The van der Waals surface area contributed by atoms with Gasteiger partial charge in [-0.3, -0.25) is 10.1 Å². The van der Waals surface area contributed by atoms with Crippen LogP contribution in [0.1, 0.15) is 39.2 Å². The molecule has 248 valence electrons. The number of nitrogens with one attached hydrogen (secondary N) is 2. The molecule has 2 aromatic carbocycles. The van der Waals surface area contributed by atoms with Crippen LogP contribution in [0.3, 0.4) is 0 Å². The molecular weight excluding hydrogens is 639 g/mol. The maximum absolute atomic E-state index is 13.9. The van der Waals surface area contributed by atoms with Gasteiger partial charge in [0.05, 0.1) is 21.3 Å². The molecule has 0 bridgehead atoms. The molecule has 4 rings (SSSR count). The first-order valence-corrected chi connectivity index (χ1v) is 16.0. The number of thiazole rings is 1. The van der Waals surface area contributed by atoms with E-state index in [2.05, 4.69) is 15.6 Å². The highest BCUT2D eigenvalue weighted by atomic mass is 35.5. The molecule has 12 nitrogen and oxygen atoms in total. The van der Waals surface area contributed by atoms with Crippen molar-refractivity contribution in [2.24, 2.45) is 0 Å². The number of para-hydroxylation sites is 1. The minimum absolute atomic E-state index is 0.0354. The number of hydrogen-bond donors (Lipinski definition) is 2. The molecule has 46 heavy (non-hydrogen) atoms. The zero-order valence-electron chi connectivity index (χ0n) is 26.2. The van der Waals surface area contributed by atoms with E-state index in [0.717, 1.165) is 10.2 Å². The first-order chi connectivity index (χ1) is 21.8. The van der Waals surface area contributed by atoms with Gasteiger partial charge in [0, 0.05) is 46.2 Å². The number of nitrogens with zero attached hydrogens (tertiary/aromatic N) is 4. The van der Waals surface area contributed by atoms with Gasteiger partial charge in [-0.15, -0.1) is 0 Å². The van der Waals surface area contributed by atoms with Crippen LogP contribution in [0.25, 0.3) is 10.2 Å². The predicted molar refractivity (Wildman–Crippen MR) is 173 cm³/mol.